The number of hydrogen-bond acceptors (Lipinski definition) is 2. The zero-order chi connectivity index (χ0) is 15.8. The number of unbranched alkanes of at least 4 members (excludes halogenated alkanes) is 6. The summed E-state index contributed by atoms with van der Waals surface area (Å²) in [6.07, 6.45) is 10.5. The largest absolute Gasteiger partial charge is 0.479 e. The number of hydrogen-bond donors (Lipinski definition) is 2. The minimum atomic E-state index is -1.23. The molecule has 0 rings (SSSR count). The first-order valence-corrected chi connectivity index (χ1v) is 7.71. The Bertz CT molecular complexity index is 415. The molecule has 116 valence electrons. The standard InChI is InChI=1S/C18H26O3/c1-2-3-4-5-6-7-8-9-10-11-12-13-14-15-16-17(19)18(20)21/h8-9,17,19H,2-5,12-16H2,1H3,(H,20,21). The van der Waals surface area contributed by atoms with Crippen LogP contribution in [0.25, 0.3) is 0 Å². The molecule has 0 aliphatic heterocycles. The van der Waals surface area contributed by atoms with E-state index >= 15 is 0 Å². The molecule has 0 fully saturated rings. The fourth-order valence-electron chi connectivity index (χ4n) is 1.66. The van der Waals surface area contributed by atoms with Crippen LogP contribution in [0.1, 0.15) is 64.7 Å². The molecule has 0 radical (unpaired) electrons. The van der Waals surface area contributed by atoms with Gasteiger partial charge in [0.05, 0.1) is 0 Å². The van der Waals surface area contributed by atoms with Crippen molar-refractivity contribution in [3.8, 4) is 23.7 Å². The van der Waals surface area contributed by atoms with E-state index in [-0.39, 0.29) is 0 Å². The van der Waals surface area contributed by atoms with Crippen LogP contribution in [0.3, 0.4) is 0 Å². The second kappa shape index (κ2) is 14.7. The Kier molecular flexibility index (Phi) is 13.5. The smallest absolute Gasteiger partial charge is 0.332 e. The first kappa shape index (κ1) is 19.3. The number of carboxylic acids is 1. The van der Waals surface area contributed by atoms with Gasteiger partial charge in [0.1, 0.15) is 0 Å². The lowest BCUT2D eigenvalue weighted by Crippen LogP contribution is -2.18. The summed E-state index contributed by atoms with van der Waals surface area (Å²) in [7, 11) is 0. The van der Waals surface area contributed by atoms with E-state index in [0.29, 0.717) is 12.8 Å². The molecule has 0 saturated carbocycles. The molecule has 0 aliphatic carbocycles. The molecule has 0 spiro atoms. The molecule has 2 N–H and O–H groups in total. The molecule has 0 saturated heterocycles. The van der Waals surface area contributed by atoms with Crippen molar-refractivity contribution in [3.63, 3.8) is 0 Å². The highest BCUT2D eigenvalue weighted by Gasteiger charge is 2.11. The Morgan fingerprint density at radius 2 is 1.57 bits per heavy atom. The second-order valence-electron chi connectivity index (χ2n) is 4.89. The molecule has 0 aromatic rings. The van der Waals surface area contributed by atoms with Gasteiger partial charge >= 0.3 is 5.97 Å². The van der Waals surface area contributed by atoms with Crippen LogP contribution in [0.15, 0.2) is 12.2 Å². The van der Waals surface area contributed by atoms with E-state index in [4.69, 9.17) is 10.2 Å². The van der Waals surface area contributed by atoms with Gasteiger partial charge in [-0.25, -0.2) is 4.79 Å². The van der Waals surface area contributed by atoms with Crippen LogP contribution < -0.4 is 0 Å². The average Bonchev–Trinajstić information content (AvgIpc) is 2.47. The van der Waals surface area contributed by atoms with E-state index in [9.17, 15) is 4.79 Å². The van der Waals surface area contributed by atoms with Gasteiger partial charge < -0.3 is 10.2 Å². The summed E-state index contributed by atoms with van der Waals surface area (Å²) in [5, 5.41) is 17.6. The maximum Gasteiger partial charge on any atom is 0.332 e. The number of rotatable bonds is 9. The van der Waals surface area contributed by atoms with Gasteiger partial charge in [-0.2, -0.15) is 0 Å². The van der Waals surface area contributed by atoms with E-state index < -0.39 is 12.1 Å². The Morgan fingerprint density at radius 1 is 1.00 bits per heavy atom. The molecule has 1 atom stereocenters. The minimum absolute atomic E-state index is 0.316. The zero-order valence-electron chi connectivity index (χ0n) is 12.9. The lowest BCUT2D eigenvalue weighted by atomic mass is 10.1. The number of aliphatic hydroxyl groups is 1. The normalized spacial score (nSPS) is 11.3. The van der Waals surface area contributed by atoms with E-state index in [1.54, 1.807) is 12.2 Å². The van der Waals surface area contributed by atoms with Crippen molar-refractivity contribution < 1.29 is 15.0 Å². The molecule has 0 amide bonds. The van der Waals surface area contributed by atoms with Crippen LogP contribution in [0.5, 0.6) is 0 Å². The van der Waals surface area contributed by atoms with E-state index in [1.807, 2.05) is 0 Å². The maximum absolute atomic E-state index is 10.4. The summed E-state index contributed by atoms with van der Waals surface area (Å²) < 4.78 is 0. The van der Waals surface area contributed by atoms with Gasteiger partial charge in [0.15, 0.2) is 6.10 Å². The van der Waals surface area contributed by atoms with Crippen LogP contribution in [0.4, 0.5) is 0 Å². The van der Waals surface area contributed by atoms with Crippen molar-refractivity contribution >= 4 is 5.97 Å². The zero-order valence-corrected chi connectivity index (χ0v) is 12.9. The third-order valence-electron chi connectivity index (χ3n) is 2.92. The maximum atomic E-state index is 10.4. The molecule has 0 bridgehead atoms. The molecule has 0 aromatic heterocycles. The fraction of sp³-hybridized carbons (Fsp3) is 0.611. The second-order valence-corrected chi connectivity index (χ2v) is 4.89. The van der Waals surface area contributed by atoms with E-state index in [0.717, 1.165) is 25.7 Å². The molecular weight excluding hydrogens is 264 g/mol. The van der Waals surface area contributed by atoms with Crippen LogP contribution >= 0.6 is 0 Å². The lowest BCUT2D eigenvalue weighted by molar-refractivity contribution is -0.146. The lowest BCUT2D eigenvalue weighted by Gasteiger charge is -2.03. The highest BCUT2D eigenvalue weighted by Crippen LogP contribution is 2.05. The molecule has 3 heteroatoms. The summed E-state index contributed by atoms with van der Waals surface area (Å²) in [6, 6.07) is 0. The van der Waals surface area contributed by atoms with Gasteiger partial charge in [-0.15, -0.1) is 0 Å². The van der Waals surface area contributed by atoms with Crippen molar-refractivity contribution in [2.75, 3.05) is 0 Å². The van der Waals surface area contributed by atoms with Gasteiger partial charge in [-0.05, 0) is 31.4 Å². The molecule has 0 aliphatic rings. The predicted molar refractivity (Wildman–Crippen MR) is 85.6 cm³/mol. The van der Waals surface area contributed by atoms with Gasteiger partial charge in [0.25, 0.3) is 0 Å². The number of aliphatic hydroxyl groups excluding tert-OH is 1. The Morgan fingerprint density at radius 3 is 2.10 bits per heavy atom. The number of allylic oxidation sites excluding steroid dienone is 2. The van der Waals surface area contributed by atoms with Crippen LogP contribution in [0, 0.1) is 23.7 Å². The third kappa shape index (κ3) is 14.5. The van der Waals surface area contributed by atoms with E-state index in [2.05, 4.69) is 30.6 Å². The van der Waals surface area contributed by atoms with Crippen molar-refractivity contribution in [2.24, 2.45) is 0 Å². The van der Waals surface area contributed by atoms with Crippen molar-refractivity contribution in [1.82, 2.24) is 0 Å². The average molecular weight is 290 g/mol. The highest BCUT2D eigenvalue weighted by atomic mass is 16.4. The summed E-state index contributed by atoms with van der Waals surface area (Å²) in [4.78, 5) is 10.4. The summed E-state index contributed by atoms with van der Waals surface area (Å²) >= 11 is 0. The molecule has 21 heavy (non-hydrogen) atoms. The van der Waals surface area contributed by atoms with Crippen molar-refractivity contribution in [3.05, 3.63) is 12.2 Å². The van der Waals surface area contributed by atoms with Crippen LogP contribution in [0.2, 0.25) is 0 Å². The Balaban J connectivity index is 3.51. The highest BCUT2D eigenvalue weighted by molar-refractivity contribution is 5.71. The van der Waals surface area contributed by atoms with Crippen LogP contribution in [-0.4, -0.2) is 22.3 Å². The van der Waals surface area contributed by atoms with Crippen molar-refractivity contribution in [1.29, 1.82) is 0 Å². The van der Waals surface area contributed by atoms with E-state index in [1.165, 1.54) is 19.3 Å². The molecular formula is C18H26O3. The molecule has 0 heterocycles. The monoisotopic (exact) mass is 290 g/mol. The fourth-order valence-corrected chi connectivity index (χ4v) is 1.66. The van der Waals surface area contributed by atoms with Gasteiger partial charge in [-0.3, -0.25) is 0 Å². The SMILES string of the molecule is CCCCCC#CC=CC#CCCCCCC(O)C(=O)O. The first-order chi connectivity index (χ1) is 10.2. The summed E-state index contributed by atoms with van der Waals surface area (Å²) in [5.41, 5.74) is 0. The number of carboxylic acid groups (broad SMARTS) is 1. The van der Waals surface area contributed by atoms with Crippen LogP contribution in [-0.2, 0) is 4.79 Å². The first-order valence-electron chi connectivity index (χ1n) is 7.71. The molecule has 3 nitrogen and oxygen atoms in total. The number of carbonyl (C=O) groups is 1. The van der Waals surface area contributed by atoms with Gasteiger partial charge in [0.2, 0.25) is 0 Å². The quantitative estimate of drug-likeness (QED) is 0.504. The topological polar surface area (TPSA) is 57.5 Å². The summed E-state index contributed by atoms with van der Waals surface area (Å²) in [6.45, 7) is 2.18. The Hall–Kier alpha value is -1.71. The van der Waals surface area contributed by atoms with Crippen molar-refractivity contribution in [2.45, 2.75) is 70.8 Å². The minimum Gasteiger partial charge on any atom is -0.479 e. The van der Waals surface area contributed by atoms with Gasteiger partial charge in [-0.1, -0.05) is 56.3 Å². The molecule has 0 aromatic carbocycles. The Labute approximate surface area is 128 Å². The summed E-state index contributed by atoms with van der Waals surface area (Å²) in [5.74, 6) is 10.9. The number of aliphatic carboxylic acids is 1. The third-order valence-corrected chi connectivity index (χ3v) is 2.92. The molecule has 1 unspecified atom stereocenters. The predicted octanol–water partition coefficient (Wildman–Crippen LogP) is 3.53. The van der Waals surface area contributed by atoms with Gasteiger partial charge in [0, 0.05) is 12.8 Å².